The van der Waals surface area contributed by atoms with Crippen molar-refractivity contribution in [1.29, 1.82) is 0 Å². The zero-order valence-corrected chi connectivity index (χ0v) is 34.3. The van der Waals surface area contributed by atoms with E-state index in [1.165, 1.54) is 61.2 Å². The number of ether oxygens (including phenoxy) is 2. The van der Waals surface area contributed by atoms with E-state index in [1.807, 2.05) is 70.5 Å². The maximum Gasteiger partial charge on any atom is 0.295 e. The summed E-state index contributed by atoms with van der Waals surface area (Å²) in [6.07, 6.45) is 4.58. The van der Waals surface area contributed by atoms with Gasteiger partial charge in [-0.3, -0.25) is 9.11 Å². The van der Waals surface area contributed by atoms with Crippen LogP contribution >= 0.6 is 0 Å². The third-order valence-corrected chi connectivity index (χ3v) is 11.4. The third-order valence-electron chi connectivity index (χ3n) is 9.56. The summed E-state index contributed by atoms with van der Waals surface area (Å²) in [4.78, 5) is 28.9. The average molecular weight is 881 g/mol. The molecule has 0 aliphatic carbocycles. The molecule has 0 radical (unpaired) electrons. The number of aromatic nitrogens is 6. The van der Waals surface area contributed by atoms with Crippen molar-refractivity contribution in [3.05, 3.63) is 121 Å². The molecule has 20 nitrogen and oxygen atoms in total. The zero-order valence-electron chi connectivity index (χ0n) is 32.7. The standard InChI is InChI=1S/C40H40N12O8S2/c53-61(54,55)33-21-31(47-37-41-25-43-39(49-37)51-17-19-59-35(23-51)45-29-7-3-1-4-8-29)15-13-27(33)11-12-28-14-16-32(22-34(28)62(56,57)58)48-38-42-26-44-40(50-38)52-18-20-60-36(24-52)46-30-9-5-2-6-10-30/h1-16,21-22,25-26,35-36,45-46H,17-20,23-24H2,(H,53,54,55)(H,56,57,58)(H,41,43,47,49)(H,42,44,48,50). The molecule has 62 heavy (non-hydrogen) atoms. The summed E-state index contributed by atoms with van der Waals surface area (Å²) in [5.74, 6) is 0.967. The van der Waals surface area contributed by atoms with Crippen LogP contribution in [0.25, 0.3) is 12.2 Å². The number of rotatable bonds is 14. The van der Waals surface area contributed by atoms with E-state index in [1.54, 1.807) is 0 Å². The molecule has 2 saturated heterocycles. The zero-order chi connectivity index (χ0) is 43.1. The Hall–Kier alpha value is -6.82. The lowest BCUT2D eigenvalue weighted by atomic mass is 10.1. The highest BCUT2D eigenvalue weighted by Crippen LogP contribution is 2.28. The maximum atomic E-state index is 12.6. The molecular weight excluding hydrogens is 841 g/mol. The highest BCUT2D eigenvalue weighted by molar-refractivity contribution is 7.86. The second kappa shape index (κ2) is 18.4. The number of benzene rings is 4. The topological polar surface area (TPSA) is 259 Å². The van der Waals surface area contributed by atoms with Crippen LogP contribution < -0.4 is 31.1 Å². The largest absolute Gasteiger partial charge is 0.359 e. The molecule has 6 aromatic rings. The molecule has 0 spiro atoms. The first-order valence-corrected chi connectivity index (χ1v) is 22.0. The van der Waals surface area contributed by atoms with Gasteiger partial charge in [0.2, 0.25) is 23.8 Å². The van der Waals surface area contributed by atoms with Gasteiger partial charge >= 0.3 is 0 Å². The number of nitrogens with one attached hydrogen (secondary N) is 4. The van der Waals surface area contributed by atoms with Crippen molar-refractivity contribution in [3.63, 3.8) is 0 Å². The fourth-order valence-corrected chi connectivity index (χ4v) is 8.08. The van der Waals surface area contributed by atoms with E-state index in [2.05, 4.69) is 51.2 Å². The molecule has 2 aromatic heterocycles. The molecule has 4 heterocycles. The molecule has 2 atom stereocenters. The number of nitrogens with zero attached hydrogens (tertiary/aromatic N) is 8. The van der Waals surface area contributed by atoms with E-state index in [0.717, 1.165) is 11.4 Å². The molecule has 0 bridgehead atoms. The normalized spacial score (nSPS) is 17.1. The lowest BCUT2D eigenvalue weighted by Crippen LogP contribution is -2.46. The SMILES string of the molecule is O=S(=O)(O)c1cc(Nc2ncnc(N3CCOC(Nc4ccccc4)C3)n2)ccc1C=Cc1ccc(Nc2ncnc(N3CCOC(Nc4ccccc4)C3)n2)cc1S(=O)(=O)O. The summed E-state index contributed by atoms with van der Waals surface area (Å²) >= 11 is 0. The second-order valence-corrected chi connectivity index (χ2v) is 16.7. The molecule has 2 aliphatic rings. The van der Waals surface area contributed by atoms with Crippen LogP contribution in [0, 0.1) is 0 Å². The molecule has 8 rings (SSSR count). The lowest BCUT2D eigenvalue weighted by molar-refractivity contribution is 0.0584. The van der Waals surface area contributed by atoms with Crippen LogP contribution in [-0.2, 0) is 29.7 Å². The molecule has 2 unspecified atom stereocenters. The van der Waals surface area contributed by atoms with Gasteiger partial charge in [0.15, 0.2) is 0 Å². The van der Waals surface area contributed by atoms with Gasteiger partial charge in [0.05, 0.1) is 26.3 Å². The number of para-hydroxylation sites is 2. The van der Waals surface area contributed by atoms with E-state index in [4.69, 9.17) is 9.47 Å². The predicted molar refractivity (Wildman–Crippen MR) is 232 cm³/mol. The van der Waals surface area contributed by atoms with Crippen LogP contribution in [0.1, 0.15) is 11.1 Å². The average Bonchev–Trinajstić information content (AvgIpc) is 3.27. The van der Waals surface area contributed by atoms with Crippen LogP contribution in [0.5, 0.6) is 0 Å². The lowest BCUT2D eigenvalue weighted by Gasteiger charge is -2.33. The fourth-order valence-electron chi connectivity index (χ4n) is 6.66. The van der Waals surface area contributed by atoms with Gasteiger partial charge in [-0.1, -0.05) is 60.7 Å². The van der Waals surface area contributed by atoms with Crippen molar-refractivity contribution < 1.29 is 35.4 Å². The molecular formula is C40H40N12O8S2. The first-order valence-electron chi connectivity index (χ1n) is 19.1. The van der Waals surface area contributed by atoms with Crippen LogP contribution in [0.2, 0.25) is 0 Å². The first kappa shape index (κ1) is 41.9. The van der Waals surface area contributed by atoms with Crippen LogP contribution in [0.3, 0.4) is 0 Å². The van der Waals surface area contributed by atoms with E-state index < -0.39 is 30.0 Å². The summed E-state index contributed by atoms with van der Waals surface area (Å²) in [6.45, 7) is 2.76. The fraction of sp³-hybridized carbons (Fsp3) is 0.200. The summed E-state index contributed by atoms with van der Waals surface area (Å²) in [6, 6.07) is 27.5. The van der Waals surface area contributed by atoms with E-state index in [0.29, 0.717) is 51.3 Å². The number of morpholine rings is 2. The van der Waals surface area contributed by atoms with Crippen molar-refractivity contribution >= 4 is 78.9 Å². The molecule has 2 fully saturated rings. The quantitative estimate of drug-likeness (QED) is 0.0637. The Kier molecular flexibility index (Phi) is 12.5. The van der Waals surface area contributed by atoms with Gasteiger partial charge in [-0.25, -0.2) is 19.9 Å². The van der Waals surface area contributed by atoms with Crippen LogP contribution in [0.4, 0.5) is 46.5 Å². The molecule has 2 aliphatic heterocycles. The van der Waals surface area contributed by atoms with Crippen LogP contribution in [0.15, 0.2) is 120 Å². The smallest absolute Gasteiger partial charge is 0.295 e. The van der Waals surface area contributed by atoms with Crippen molar-refractivity contribution in [2.75, 3.05) is 70.5 Å². The van der Waals surface area contributed by atoms with E-state index in [-0.39, 0.29) is 46.9 Å². The Morgan fingerprint density at radius 3 is 1.39 bits per heavy atom. The van der Waals surface area contributed by atoms with Crippen molar-refractivity contribution in [2.24, 2.45) is 0 Å². The summed E-state index contributed by atoms with van der Waals surface area (Å²) in [5.41, 5.74) is 2.29. The van der Waals surface area contributed by atoms with Gasteiger partial charge < -0.3 is 40.5 Å². The van der Waals surface area contributed by atoms with Crippen molar-refractivity contribution in [1.82, 2.24) is 29.9 Å². The summed E-state index contributed by atoms with van der Waals surface area (Å²) in [5, 5.41) is 12.6. The highest BCUT2D eigenvalue weighted by atomic mass is 32.2. The number of anilines is 8. The first-order chi connectivity index (χ1) is 29.9. The van der Waals surface area contributed by atoms with Gasteiger partial charge in [0.1, 0.15) is 34.9 Å². The van der Waals surface area contributed by atoms with Crippen molar-refractivity contribution in [2.45, 2.75) is 22.2 Å². The Morgan fingerprint density at radius 1 is 0.565 bits per heavy atom. The minimum atomic E-state index is -4.80. The second-order valence-electron chi connectivity index (χ2n) is 13.9. The summed E-state index contributed by atoms with van der Waals surface area (Å²) in [7, 11) is -9.61. The molecule has 320 valence electrons. The van der Waals surface area contributed by atoms with E-state index in [9.17, 15) is 25.9 Å². The molecule has 6 N–H and O–H groups in total. The Balaban J connectivity index is 0.960. The van der Waals surface area contributed by atoms with Crippen LogP contribution in [-0.4, -0.2) is 108 Å². The highest BCUT2D eigenvalue weighted by Gasteiger charge is 2.25. The third kappa shape index (κ3) is 10.7. The molecule has 0 saturated carbocycles. The maximum absolute atomic E-state index is 12.6. The molecule has 0 amide bonds. The van der Waals surface area contributed by atoms with Gasteiger partial charge in [0, 0.05) is 35.8 Å². The summed E-state index contributed by atoms with van der Waals surface area (Å²) < 4.78 is 82.6. The van der Waals surface area contributed by atoms with E-state index >= 15 is 0 Å². The monoisotopic (exact) mass is 880 g/mol. The number of hydrogen-bond acceptors (Lipinski definition) is 18. The molecule has 22 heteroatoms. The Morgan fingerprint density at radius 2 is 0.984 bits per heavy atom. The molecule has 4 aromatic carbocycles. The minimum Gasteiger partial charge on any atom is -0.359 e. The minimum absolute atomic E-state index is 0.0187. The van der Waals surface area contributed by atoms with Gasteiger partial charge in [-0.05, 0) is 59.7 Å². The Bertz CT molecular complexity index is 2590. The van der Waals surface area contributed by atoms with Crippen molar-refractivity contribution in [3.8, 4) is 0 Å². The van der Waals surface area contributed by atoms with Gasteiger partial charge in [-0.15, -0.1) is 0 Å². The Labute approximate surface area is 356 Å². The predicted octanol–water partition coefficient (Wildman–Crippen LogP) is 4.76. The number of hydrogen-bond donors (Lipinski definition) is 6. The van der Waals surface area contributed by atoms with Gasteiger partial charge in [-0.2, -0.15) is 26.8 Å². The van der Waals surface area contributed by atoms with Gasteiger partial charge in [0.25, 0.3) is 20.2 Å².